The molecule has 0 saturated carbocycles. The minimum Gasteiger partial charge on any atom is -0.508 e. The summed E-state index contributed by atoms with van der Waals surface area (Å²) in [4.78, 5) is 19.3. The number of allylic oxidation sites excluding steroid dienone is 6. The molecule has 2 rings (SSSR count). The Hall–Kier alpha value is -3.02. The summed E-state index contributed by atoms with van der Waals surface area (Å²) < 4.78 is 6.40. The fourth-order valence-corrected chi connectivity index (χ4v) is 4.21. The number of hydrogen-bond acceptors (Lipinski definition) is 4. The Balaban J connectivity index is 0.000000738. The lowest BCUT2D eigenvalue weighted by atomic mass is 9.87. The standard InChI is InChI=1S/C27H40O2.C4H6O4/c1-20(2)10-7-11-21(3)12-8-13-22(4)14-9-16-27(6)17-15-24-19-25(28)18-23(5)26(24)29-27;5-3(6)1-2-4(7)8/h10,12,14,18-19,28H,7-9,11,13,15-17H2,1-6H3;1-2H2,(H,5,6)(H,7,8)/b21-12+,22-14+;. The lowest BCUT2D eigenvalue weighted by Crippen LogP contribution is -2.36. The van der Waals surface area contributed by atoms with E-state index in [9.17, 15) is 14.7 Å². The molecule has 0 saturated heterocycles. The molecule has 1 aromatic rings. The Morgan fingerprint density at radius 3 is 1.97 bits per heavy atom. The summed E-state index contributed by atoms with van der Waals surface area (Å²) in [5.74, 6) is -0.834. The predicted octanol–water partition coefficient (Wildman–Crippen LogP) is 7.92. The van der Waals surface area contributed by atoms with Crippen LogP contribution in [0.3, 0.4) is 0 Å². The van der Waals surface area contributed by atoms with Crippen LogP contribution < -0.4 is 4.74 Å². The van der Waals surface area contributed by atoms with Crippen molar-refractivity contribution < 1.29 is 29.6 Å². The fraction of sp³-hybridized carbons (Fsp3) is 0.548. The van der Waals surface area contributed by atoms with Gasteiger partial charge < -0.3 is 20.1 Å². The molecule has 6 heteroatoms. The largest absolute Gasteiger partial charge is 0.508 e. The molecule has 1 aliphatic heterocycles. The van der Waals surface area contributed by atoms with E-state index in [4.69, 9.17) is 14.9 Å². The van der Waals surface area contributed by atoms with E-state index in [1.807, 2.05) is 13.0 Å². The number of benzene rings is 1. The maximum absolute atomic E-state index is 9.80. The number of fused-ring (bicyclic) bond motifs is 1. The molecule has 0 bridgehead atoms. The van der Waals surface area contributed by atoms with E-state index in [1.165, 1.54) is 23.1 Å². The molecule has 1 aromatic carbocycles. The van der Waals surface area contributed by atoms with Crippen molar-refractivity contribution in [3.05, 3.63) is 58.2 Å². The number of hydrogen-bond donors (Lipinski definition) is 3. The summed E-state index contributed by atoms with van der Waals surface area (Å²) in [6, 6.07) is 3.64. The Morgan fingerprint density at radius 2 is 1.43 bits per heavy atom. The first-order chi connectivity index (χ1) is 17.3. The number of ether oxygens (including phenoxy) is 1. The van der Waals surface area contributed by atoms with Crippen LogP contribution in [0.1, 0.15) is 104 Å². The van der Waals surface area contributed by atoms with Crippen LogP contribution in [-0.2, 0) is 16.0 Å². The summed E-state index contributed by atoms with van der Waals surface area (Å²) in [6.07, 6.45) is 15.2. The van der Waals surface area contributed by atoms with Crippen LogP contribution in [0.25, 0.3) is 0 Å². The zero-order valence-corrected chi connectivity index (χ0v) is 23.5. The zero-order chi connectivity index (χ0) is 28.0. The number of phenolic OH excluding ortho intramolecular Hbond substituents is 1. The van der Waals surface area contributed by atoms with Gasteiger partial charge in [-0.05, 0) is 116 Å². The molecule has 1 heterocycles. The van der Waals surface area contributed by atoms with Gasteiger partial charge in [-0.1, -0.05) is 34.9 Å². The third kappa shape index (κ3) is 13.7. The first-order valence-corrected chi connectivity index (χ1v) is 13.2. The van der Waals surface area contributed by atoms with Crippen LogP contribution >= 0.6 is 0 Å². The minimum atomic E-state index is -1.08. The highest BCUT2D eigenvalue weighted by Crippen LogP contribution is 2.39. The van der Waals surface area contributed by atoms with Gasteiger partial charge in [0.25, 0.3) is 0 Å². The Kier molecular flexibility index (Phi) is 13.8. The highest BCUT2D eigenvalue weighted by molar-refractivity contribution is 5.75. The number of carboxylic acids is 2. The zero-order valence-electron chi connectivity index (χ0n) is 23.5. The third-order valence-corrected chi connectivity index (χ3v) is 6.45. The molecule has 1 unspecified atom stereocenters. The van der Waals surface area contributed by atoms with Crippen molar-refractivity contribution in [1.29, 1.82) is 0 Å². The first kappa shape index (κ1) is 32.0. The minimum absolute atomic E-state index is 0.118. The third-order valence-electron chi connectivity index (χ3n) is 6.45. The van der Waals surface area contributed by atoms with Gasteiger partial charge in [0.15, 0.2) is 0 Å². The molecular formula is C31H46O6. The van der Waals surface area contributed by atoms with Crippen molar-refractivity contribution in [2.24, 2.45) is 0 Å². The topological polar surface area (TPSA) is 104 Å². The number of carboxylic acid groups (broad SMARTS) is 2. The fourth-order valence-electron chi connectivity index (χ4n) is 4.21. The monoisotopic (exact) mass is 514 g/mol. The van der Waals surface area contributed by atoms with Gasteiger partial charge in [-0.15, -0.1) is 0 Å². The molecule has 1 aliphatic rings. The molecule has 37 heavy (non-hydrogen) atoms. The molecule has 206 valence electrons. The molecule has 0 spiro atoms. The van der Waals surface area contributed by atoms with Crippen molar-refractivity contribution in [2.45, 2.75) is 111 Å². The van der Waals surface area contributed by atoms with Gasteiger partial charge in [0, 0.05) is 0 Å². The van der Waals surface area contributed by atoms with Gasteiger partial charge in [0.05, 0.1) is 12.8 Å². The van der Waals surface area contributed by atoms with Gasteiger partial charge in [-0.3, -0.25) is 9.59 Å². The summed E-state index contributed by atoms with van der Waals surface area (Å²) in [6.45, 7) is 13.1. The van der Waals surface area contributed by atoms with Gasteiger partial charge in [0.1, 0.15) is 17.1 Å². The lowest BCUT2D eigenvalue weighted by molar-refractivity contribution is -0.143. The second-order valence-corrected chi connectivity index (χ2v) is 10.6. The van der Waals surface area contributed by atoms with Gasteiger partial charge in [-0.25, -0.2) is 0 Å². The maximum Gasteiger partial charge on any atom is 0.303 e. The molecular weight excluding hydrogens is 468 g/mol. The molecule has 0 aliphatic carbocycles. The quantitative estimate of drug-likeness (QED) is 0.245. The number of aryl methyl sites for hydroxylation is 2. The second kappa shape index (κ2) is 16.0. The lowest BCUT2D eigenvalue weighted by Gasteiger charge is -2.36. The van der Waals surface area contributed by atoms with E-state index in [2.05, 4.69) is 52.8 Å². The summed E-state index contributed by atoms with van der Waals surface area (Å²) in [7, 11) is 0. The van der Waals surface area contributed by atoms with Crippen molar-refractivity contribution in [1.82, 2.24) is 0 Å². The summed E-state index contributed by atoms with van der Waals surface area (Å²) in [5, 5.41) is 25.6. The van der Waals surface area contributed by atoms with Crippen LogP contribution in [0.15, 0.2) is 47.1 Å². The van der Waals surface area contributed by atoms with Gasteiger partial charge >= 0.3 is 11.9 Å². The average Bonchev–Trinajstić information content (AvgIpc) is 2.78. The summed E-state index contributed by atoms with van der Waals surface area (Å²) >= 11 is 0. The molecule has 0 amide bonds. The number of aliphatic carboxylic acids is 2. The smallest absolute Gasteiger partial charge is 0.303 e. The average molecular weight is 515 g/mol. The maximum atomic E-state index is 9.80. The molecule has 0 radical (unpaired) electrons. The van der Waals surface area contributed by atoms with Crippen molar-refractivity contribution in [3.63, 3.8) is 0 Å². The Bertz CT molecular complexity index is 983. The van der Waals surface area contributed by atoms with E-state index in [0.29, 0.717) is 5.75 Å². The van der Waals surface area contributed by atoms with E-state index >= 15 is 0 Å². The number of aromatic hydroxyl groups is 1. The van der Waals surface area contributed by atoms with Gasteiger partial charge in [-0.2, -0.15) is 0 Å². The highest BCUT2D eigenvalue weighted by atomic mass is 16.5. The SMILES string of the molecule is CC(C)=CCC/C(C)=C/CC/C(C)=C/CCC1(C)CCc2cc(O)cc(C)c2O1.O=C(O)CCC(=O)O. The molecule has 0 aromatic heterocycles. The molecule has 0 fully saturated rings. The first-order valence-electron chi connectivity index (χ1n) is 13.2. The Morgan fingerprint density at radius 1 is 0.892 bits per heavy atom. The van der Waals surface area contributed by atoms with Crippen LogP contribution in [0.5, 0.6) is 11.5 Å². The number of phenols is 1. The molecule has 1 atom stereocenters. The van der Waals surface area contributed by atoms with E-state index in [1.54, 1.807) is 6.07 Å². The van der Waals surface area contributed by atoms with Crippen LogP contribution in [0.2, 0.25) is 0 Å². The van der Waals surface area contributed by atoms with Gasteiger partial charge in [0.2, 0.25) is 0 Å². The normalized spacial score (nSPS) is 17.1. The number of rotatable bonds is 12. The van der Waals surface area contributed by atoms with Crippen molar-refractivity contribution in [3.8, 4) is 11.5 Å². The predicted molar refractivity (Wildman–Crippen MR) is 149 cm³/mol. The van der Waals surface area contributed by atoms with Crippen LogP contribution in [0, 0.1) is 6.92 Å². The second-order valence-electron chi connectivity index (χ2n) is 10.6. The highest BCUT2D eigenvalue weighted by Gasteiger charge is 2.32. The van der Waals surface area contributed by atoms with Crippen molar-refractivity contribution in [2.75, 3.05) is 0 Å². The van der Waals surface area contributed by atoms with Crippen LogP contribution in [0.4, 0.5) is 0 Å². The van der Waals surface area contributed by atoms with Crippen LogP contribution in [-0.4, -0.2) is 32.9 Å². The van der Waals surface area contributed by atoms with E-state index < -0.39 is 11.9 Å². The van der Waals surface area contributed by atoms with E-state index in [-0.39, 0.29) is 18.4 Å². The number of carbonyl (C=O) groups is 2. The van der Waals surface area contributed by atoms with Crippen molar-refractivity contribution >= 4 is 11.9 Å². The molecule has 3 N–H and O–H groups in total. The van der Waals surface area contributed by atoms with E-state index in [0.717, 1.165) is 61.8 Å². The Labute approximate surface area is 222 Å². The molecule has 6 nitrogen and oxygen atoms in total. The summed E-state index contributed by atoms with van der Waals surface area (Å²) in [5.41, 5.74) is 6.43.